The summed E-state index contributed by atoms with van der Waals surface area (Å²) in [5, 5.41) is 20.4. The SMILES string of the molecule is COc1cc2c(cc1O)C1(CC2)CCc2cc(OC)c(O)cc21. The molecule has 2 aliphatic carbocycles. The van der Waals surface area contributed by atoms with E-state index in [-0.39, 0.29) is 16.9 Å². The second-order valence-electron chi connectivity index (χ2n) is 6.44. The number of fused-ring (bicyclic) bond motifs is 4. The van der Waals surface area contributed by atoms with Gasteiger partial charge in [-0.05, 0) is 72.2 Å². The molecule has 0 aromatic heterocycles. The Hall–Kier alpha value is -2.36. The molecule has 0 radical (unpaired) electrons. The van der Waals surface area contributed by atoms with Gasteiger partial charge in [0.15, 0.2) is 23.0 Å². The van der Waals surface area contributed by atoms with E-state index >= 15 is 0 Å². The molecule has 2 aromatic carbocycles. The zero-order chi connectivity index (χ0) is 16.2. The predicted octanol–water partition coefficient (Wildman–Crippen LogP) is 3.29. The van der Waals surface area contributed by atoms with E-state index in [1.165, 1.54) is 22.3 Å². The van der Waals surface area contributed by atoms with Gasteiger partial charge >= 0.3 is 0 Å². The number of aryl methyl sites for hydroxylation is 2. The number of phenolic OH excluding ortho intramolecular Hbond substituents is 2. The lowest BCUT2D eigenvalue weighted by molar-refractivity contribution is 0.371. The minimum absolute atomic E-state index is 0.113. The van der Waals surface area contributed by atoms with Crippen molar-refractivity contribution in [3.63, 3.8) is 0 Å². The number of hydrogen-bond donors (Lipinski definition) is 2. The summed E-state index contributed by atoms with van der Waals surface area (Å²) >= 11 is 0. The van der Waals surface area contributed by atoms with Crippen LogP contribution < -0.4 is 9.47 Å². The normalized spacial score (nSPS) is 17.1. The molecule has 0 saturated carbocycles. The molecule has 0 heterocycles. The van der Waals surface area contributed by atoms with Crippen molar-refractivity contribution in [2.45, 2.75) is 31.1 Å². The van der Waals surface area contributed by atoms with E-state index in [1.54, 1.807) is 14.2 Å². The van der Waals surface area contributed by atoms with Gasteiger partial charge in [-0.1, -0.05) is 0 Å². The molecule has 4 rings (SSSR count). The Morgan fingerprint density at radius 2 is 1.22 bits per heavy atom. The molecule has 0 aliphatic heterocycles. The first-order valence-corrected chi connectivity index (χ1v) is 7.90. The molecule has 2 aliphatic rings. The maximum Gasteiger partial charge on any atom is 0.160 e. The number of hydrogen-bond acceptors (Lipinski definition) is 4. The highest BCUT2D eigenvalue weighted by atomic mass is 16.5. The second kappa shape index (κ2) is 4.82. The van der Waals surface area contributed by atoms with Crippen molar-refractivity contribution in [3.05, 3.63) is 46.5 Å². The molecule has 2 aromatic rings. The van der Waals surface area contributed by atoms with Gasteiger partial charge < -0.3 is 19.7 Å². The van der Waals surface area contributed by atoms with Crippen LogP contribution >= 0.6 is 0 Å². The van der Waals surface area contributed by atoms with Crippen LogP contribution in [0.1, 0.15) is 35.1 Å². The molecule has 0 unspecified atom stereocenters. The van der Waals surface area contributed by atoms with Crippen molar-refractivity contribution in [2.24, 2.45) is 0 Å². The van der Waals surface area contributed by atoms with E-state index in [0.717, 1.165) is 25.7 Å². The van der Waals surface area contributed by atoms with Crippen LogP contribution in [-0.4, -0.2) is 24.4 Å². The fraction of sp³-hybridized carbons (Fsp3) is 0.368. The minimum Gasteiger partial charge on any atom is -0.504 e. The van der Waals surface area contributed by atoms with E-state index in [2.05, 4.69) is 0 Å². The van der Waals surface area contributed by atoms with Crippen LogP contribution in [0.3, 0.4) is 0 Å². The highest BCUT2D eigenvalue weighted by Crippen LogP contribution is 2.55. The number of ether oxygens (including phenoxy) is 2. The standard InChI is InChI=1S/C19H20O4/c1-22-17-7-11-3-5-19(13(11)9-15(17)20)6-4-12-8-18(23-2)16(21)10-14(12)19/h7-10,20-21H,3-6H2,1-2H3. The Kier molecular flexibility index (Phi) is 2.98. The van der Waals surface area contributed by atoms with Crippen molar-refractivity contribution >= 4 is 0 Å². The van der Waals surface area contributed by atoms with Gasteiger partial charge in [-0.15, -0.1) is 0 Å². The fourth-order valence-electron chi connectivity index (χ4n) is 4.36. The first-order valence-electron chi connectivity index (χ1n) is 7.90. The summed E-state index contributed by atoms with van der Waals surface area (Å²) in [6.07, 6.45) is 3.90. The third kappa shape index (κ3) is 1.84. The first kappa shape index (κ1) is 14.2. The van der Waals surface area contributed by atoms with Gasteiger partial charge in [0.2, 0.25) is 0 Å². The fourth-order valence-corrected chi connectivity index (χ4v) is 4.36. The molecule has 0 saturated heterocycles. The van der Waals surface area contributed by atoms with Crippen molar-refractivity contribution in [1.29, 1.82) is 0 Å². The third-order valence-electron chi connectivity index (χ3n) is 5.48. The molecule has 0 atom stereocenters. The smallest absolute Gasteiger partial charge is 0.160 e. The monoisotopic (exact) mass is 312 g/mol. The highest BCUT2D eigenvalue weighted by molar-refractivity contribution is 5.61. The van der Waals surface area contributed by atoms with Crippen LogP contribution in [0, 0.1) is 0 Å². The zero-order valence-corrected chi connectivity index (χ0v) is 13.3. The molecule has 0 amide bonds. The molecule has 4 heteroatoms. The van der Waals surface area contributed by atoms with Gasteiger partial charge in [-0.25, -0.2) is 0 Å². The quantitative estimate of drug-likeness (QED) is 0.893. The lowest BCUT2D eigenvalue weighted by Crippen LogP contribution is -2.21. The summed E-state index contributed by atoms with van der Waals surface area (Å²) in [6.45, 7) is 0. The lowest BCUT2D eigenvalue weighted by atomic mass is 9.76. The molecule has 23 heavy (non-hydrogen) atoms. The van der Waals surface area contributed by atoms with Gasteiger partial charge in [0.25, 0.3) is 0 Å². The molecule has 1 spiro atoms. The zero-order valence-electron chi connectivity index (χ0n) is 13.3. The van der Waals surface area contributed by atoms with Gasteiger partial charge in [0.05, 0.1) is 14.2 Å². The molecule has 0 bridgehead atoms. The molecule has 4 nitrogen and oxygen atoms in total. The number of rotatable bonds is 2. The number of phenols is 2. The van der Waals surface area contributed by atoms with Gasteiger partial charge in [0, 0.05) is 5.41 Å². The Bertz CT molecular complexity index is 727. The Morgan fingerprint density at radius 3 is 1.61 bits per heavy atom. The maximum absolute atomic E-state index is 10.2. The van der Waals surface area contributed by atoms with Crippen molar-refractivity contribution in [3.8, 4) is 23.0 Å². The molecule has 0 fully saturated rings. The average molecular weight is 312 g/mol. The maximum atomic E-state index is 10.2. The number of aromatic hydroxyl groups is 2. The summed E-state index contributed by atoms with van der Waals surface area (Å²) in [6, 6.07) is 7.58. The second-order valence-corrected chi connectivity index (χ2v) is 6.44. The van der Waals surface area contributed by atoms with Crippen LogP contribution in [0.15, 0.2) is 24.3 Å². The molecular formula is C19H20O4. The van der Waals surface area contributed by atoms with E-state index in [0.29, 0.717) is 11.5 Å². The Labute approximate surface area is 135 Å². The van der Waals surface area contributed by atoms with E-state index < -0.39 is 0 Å². The van der Waals surface area contributed by atoms with Gasteiger partial charge in [-0.3, -0.25) is 0 Å². The van der Waals surface area contributed by atoms with Crippen LogP contribution in [-0.2, 0) is 18.3 Å². The third-order valence-corrected chi connectivity index (χ3v) is 5.48. The topological polar surface area (TPSA) is 58.9 Å². The summed E-state index contributed by atoms with van der Waals surface area (Å²) in [4.78, 5) is 0. The van der Waals surface area contributed by atoms with Crippen LogP contribution in [0.2, 0.25) is 0 Å². The minimum atomic E-state index is -0.113. The Balaban J connectivity index is 1.89. The van der Waals surface area contributed by atoms with E-state index in [9.17, 15) is 10.2 Å². The van der Waals surface area contributed by atoms with Crippen molar-refractivity contribution < 1.29 is 19.7 Å². The highest BCUT2D eigenvalue weighted by Gasteiger charge is 2.45. The predicted molar refractivity (Wildman–Crippen MR) is 86.7 cm³/mol. The van der Waals surface area contributed by atoms with Crippen LogP contribution in [0.5, 0.6) is 23.0 Å². The Morgan fingerprint density at radius 1 is 0.783 bits per heavy atom. The summed E-state index contributed by atoms with van der Waals surface area (Å²) in [5.41, 5.74) is 4.67. The van der Waals surface area contributed by atoms with Crippen molar-refractivity contribution in [2.75, 3.05) is 14.2 Å². The molecule has 2 N–H and O–H groups in total. The number of benzene rings is 2. The molecular weight excluding hydrogens is 292 g/mol. The largest absolute Gasteiger partial charge is 0.504 e. The van der Waals surface area contributed by atoms with E-state index in [1.807, 2.05) is 24.3 Å². The van der Waals surface area contributed by atoms with Gasteiger partial charge in [-0.2, -0.15) is 0 Å². The first-order chi connectivity index (χ1) is 11.1. The summed E-state index contributed by atoms with van der Waals surface area (Å²) in [5.74, 6) is 1.41. The van der Waals surface area contributed by atoms with Crippen LogP contribution in [0.4, 0.5) is 0 Å². The van der Waals surface area contributed by atoms with Gasteiger partial charge in [0.1, 0.15) is 0 Å². The van der Waals surface area contributed by atoms with E-state index in [4.69, 9.17) is 9.47 Å². The lowest BCUT2D eigenvalue weighted by Gasteiger charge is -2.27. The van der Waals surface area contributed by atoms with Crippen LogP contribution in [0.25, 0.3) is 0 Å². The summed E-state index contributed by atoms with van der Waals surface area (Å²) < 4.78 is 10.5. The summed E-state index contributed by atoms with van der Waals surface area (Å²) in [7, 11) is 3.14. The molecule has 120 valence electrons. The van der Waals surface area contributed by atoms with Crippen molar-refractivity contribution in [1.82, 2.24) is 0 Å². The number of methoxy groups -OCH3 is 2. The average Bonchev–Trinajstić information content (AvgIpc) is 3.09.